The smallest absolute Gasteiger partial charge is 0.133 e. The summed E-state index contributed by atoms with van der Waals surface area (Å²) in [5.74, 6) is 0. The molecule has 0 aromatic heterocycles. The molecule has 0 aromatic rings. The predicted octanol–water partition coefficient (Wildman–Crippen LogP) is 0.445. The second kappa shape index (κ2) is 3.51. The SMILES string of the molecule is C=CCC1(C#N)COCCN1. The number of ether oxygens (including phenoxy) is 1. The van der Waals surface area contributed by atoms with Crippen LogP contribution in [0.25, 0.3) is 0 Å². The number of hydrogen-bond acceptors (Lipinski definition) is 3. The average Bonchev–Trinajstić information content (AvgIpc) is 2.07. The van der Waals surface area contributed by atoms with Gasteiger partial charge in [0, 0.05) is 6.54 Å². The van der Waals surface area contributed by atoms with Crippen LogP contribution in [0.3, 0.4) is 0 Å². The minimum absolute atomic E-state index is 0.468. The van der Waals surface area contributed by atoms with Crippen LogP contribution in [0.4, 0.5) is 0 Å². The molecule has 0 amide bonds. The Morgan fingerprint density at radius 2 is 2.64 bits per heavy atom. The summed E-state index contributed by atoms with van der Waals surface area (Å²) >= 11 is 0. The van der Waals surface area contributed by atoms with E-state index in [0.29, 0.717) is 19.6 Å². The predicted molar refractivity (Wildman–Crippen MR) is 42.0 cm³/mol. The maximum atomic E-state index is 8.83. The lowest BCUT2D eigenvalue weighted by molar-refractivity contribution is 0.0521. The fourth-order valence-electron chi connectivity index (χ4n) is 1.15. The number of nitrogens with one attached hydrogen (secondary N) is 1. The standard InChI is InChI=1S/C8H12N2O/c1-2-3-8(6-9)7-11-5-4-10-8/h2,10H,1,3-5,7H2. The number of rotatable bonds is 2. The van der Waals surface area contributed by atoms with E-state index in [9.17, 15) is 0 Å². The summed E-state index contributed by atoms with van der Waals surface area (Å²) in [6.07, 6.45) is 2.38. The average molecular weight is 152 g/mol. The van der Waals surface area contributed by atoms with Gasteiger partial charge in [-0.25, -0.2) is 0 Å². The molecule has 1 unspecified atom stereocenters. The second-order valence-corrected chi connectivity index (χ2v) is 2.67. The van der Waals surface area contributed by atoms with Crippen molar-refractivity contribution in [2.45, 2.75) is 12.0 Å². The molecule has 11 heavy (non-hydrogen) atoms. The van der Waals surface area contributed by atoms with E-state index in [0.717, 1.165) is 6.54 Å². The molecule has 1 aliphatic heterocycles. The van der Waals surface area contributed by atoms with E-state index < -0.39 is 5.54 Å². The summed E-state index contributed by atoms with van der Waals surface area (Å²) in [5, 5.41) is 12.0. The first-order valence-electron chi connectivity index (χ1n) is 3.68. The van der Waals surface area contributed by atoms with Crippen molar-refractivity contribution in [1.29, 1.82) is 5.26 Å². The lowest BCUT2D eigenvalue weighted by atomic mass is 9.97. The van der Waals surface area contributed by atoms with Gasteiger partial charge in [-0.1, -0.05) is 6.08 Å². The van der Waals surface area contributed by atoms with Crippen LogP contribution in [-0.4, -0.2) is 25.3 Å². The van der Waals surface area contributed by atoms with Gasteiger partial charge < -0.3 is 4.74 Å². The van der Waals surface area contributed by atoms with Crippen LogP contribution < -0.4 is 5.32 Å². The second-order valence-electron chi connectivity index (χ2n) is 2.67. The molecule has 1 N–H and O–H groups in total. The third-order valence-electron chi connectivity index (χ3n) is 1.77. The molecule has 3 nitrogen and oxygen atoms in total. The fraction of sp³-hybridized carbons (Fsp3) is 0.625. The first-order chi connectivity index (χ1) is 5.33. The van der Waals surface area contributed by atoms with Crippen LogP contribution in [0, 0.1) is 11.3 Å². The molecule has 0 spiro atoms. The first-order valence-corrected chi connectivity index (χ1v) is 3.68. The van der Waals surface area contributed by atoms with Crippen molar-refractivity contribution >= 4 is 0 Å². The van der Waals surface area contributed by atoms with Gasteiger partial charge in [-0.05, 0) is 6.42 Å². The van der Waals surface area contributed by atoms with Gasteiger partial charge >= 0.3 is 0 Å². The molecule has 1 aliphatic rings. The van der Waals surface area contributed by atoms with E-state index in [1.54, 1.807) is 6.08 Å². The van der Waals surface area contributed by atoms with Crippen molar-refractivity contribution in [3.8, 4) is 6.07 Å². The molecule has 60 valence electrons. The van der Waals surface area contributed by atoms with E-state index >= 15 is 0 Å². The lowest BCUT2D eigenvalue weighted by Gasteiger charge is -2.30. The summed E-state index contributed by atoms with van der Waals surface area (Å²) in [7, 11) is 0. The van der Waals surface area contributed by atoms with E-state index in [1.807, 2.05) is 0 Å². The maximum absolute atomic E-state index is 8.83. The van der Waals surface area contributed by atoms with Crippen molar-refractivity contribution in [2.24, 2.45) is 0 Å². The molecule has 0 radical (unpaired) electrons. The molecular formula is C8H12N2O. The molecule has 1 saturated heterocycles. The minimum atomic E-state index is -0.514. The van der Waals surface area contributed by atoms with Crippen LogP contribution in [0.15, 0.2) is 12.7 Å². The minimum Gasteiger partial charge on any atom is -0.377 e. The first kappa shape index (κ1) is 8.25. The van der Waals surface area contributed by atoms with Gasteiger partial charge in [0.15, 0.2) is 0 Å². The summed E-state index contributed by atoms with van der Waals surface area (Å²) < 4.78 is 5.20. The fourth-order valence-corrected chi connectivity index (χ4v) is 1.15. The molecule has 0 saturated carbocycles. The zero-order valence-corrected chi connectivity index (χ0v) is 6.47. The van der Waals surface area contributed by atoms with Crippen LogP contribution in [0.5, 0.6) is 0 Å². The summed E-state index contributed by atoms with van der Waals surface area (Å²) in [6.45, 7) is 5.52. The van der Waals surface area contributed by atoms with Crippen LogP contribution in [0.2, 0.25) is 0 Å². The van der Waals surface area contributed by atoms with Crippen LogP contribution in [0.1, 0.15) is 6.42 Å². The zero-order chi connectivity index (χ0) is 8.16. The highest BCUT2D eigenvalue weighted by Crippen LogP contribution is 2.13. The van der Waals surface area contributed by atoms with Gasteiger partial charge in [-0.3, -0.25) is 5.32 Å². The molecule has 0 bridgehead atoms. The maximum Gasteiger partial charge on any atom is 0.133 e. The molecule has 1 fully saturated rings. The summed E-state index contributed by atoms with van der Waals surface area (Å²) in [5.41, 5.74) is -0.514. The molecule has 3 heteroatoms. The van der Waals surface area contributed by atoms with E-state index in [1.165, 1.54) is 0 Å². The topological polar surface area (TPSA) is 45.0 Å². The van der Waals surface area contributed by atoms with Crippen molar-refractivity contribution < 1.29 is 4.74 Å². The van der Waals surface area contributed by atoms with Crippen molar-refractivity contribution in [3.05, 3.63) is 12.7 Å². The molecule has 1 rings (SSSR count). The molecule has 0 aromatic carbocycles. The Kier molecular flexibility index (Phi) is 2.64. The Morgan fingerprint density at radius 3 is 3.09 bits per heavy atom. The van der Waals surface area contributed by atoms with Crippen molar-refractivity contribution in [2.75, 3.05) is 19.8 Å². The highest BCUT2D eigenvalue weighted by molar-refractivity contribution is 5.11. The molecular weight excluding hydrogens is 140 g/mol. The molecule has 1 atom stereocenters. The van der Waals surface area contributed by atoms with Gasteiger partial charge in [0.25, 0.3) is 0 Å². The largest absolute Gasteiger partial charge is 0.377 e. The van der Waals surface area contributed by atoms with Crippen molar-refractivity contribution in [3.63, 3.8) is 0 Å². The molecule has 0 aliphatic carbocycles. The number of nitriles is 1. The summed E-state index contributed by atoms with van der Waals surface area (Å²) in [4.78, 5) is 0. The Bertz CT molecular complexity index is 177. The van der Waals surface area contributed by atoms with Crippen LogP contribution >= 0.6 is 0 Å². The summed E-state index contributed by atoms with van der Waals surface area (Å²) in [6, 6.07) is 2.21. The highest BCUT2D eigenvalue weighted by atomic mass is 16.5. The van der Waals surface area contributed by atoms with Gasteiger partial charge in [0.1, 0.15) is 5.54 Å². The Morgan fingerprint density at radius 1 is 1.82 bits per heavy atom. The van der Waals surface area contributed by atoms with E-state index in [-0.39, 0.29) is 0 Å². The van der Waals surface area contributed by atoms with Crippen molar-refractivity contribution in [1.82, 2.24) is 5.32 Å². The van der Waals surface area contributed by atoms with E-state index in [4.69, 9.17) is 10.00 Å². The van der Waals surface area contributed by atoms with Gasteiger partial charge in [0.2, 0.25) is 0 Å². The number of morpholine rings is 1. The third kappa shape index (κ3) is 1.79. The number of hydrogen-bond donors (Lipinski definition) is 1. The highest BCUT2D eigenvalue weighted by Gasteiger charge is 2.30. The van der Waals surface area contributed by atoms with E-state index in [2.05, 4.69) is 18.0 Å². The number of nitrogens with zero attached hydrogens (tertiary/aromatic N) is 1. The van der Waals surface area contributed by atoms with Gasteiger partial charge in [0.05, 0.1) is 19.3 Å². The van der Waals surface area contributed by atoms with Gasteiger partial charge in [-0.15, -0.1) is 6.58 Å². The van der Waals surface area contributed by atoms with Crippen LogP contribution in [-0.2, 0) is 4.74 Å². The lowest BCUT2D eigenvalue weighted by Crippen LogP contribution is -2.52. The zero-order valence-electron chi connectivity index (χ0n) is 6.47. The van der Waals surface area contributed by atoms with Gasteiger partial charge in [-0.2, -0.15) is 5.26 Å². The Hall–Kier alpha value is -0.850. The Balaban J connectivity index is 2.58. The quantitative estimate of drug-likeness (QED) is 0.584. The molecule has 1 heterocycles. The Labute approximate surface area is 66.7 Å². The third-order valence-corrected chi connectivity index (χ3v) is 1.77. The monoisotopic (exact) mass is 152 g/mol. The normalized spacial score (nSPS) is 30.8.